The van der Waals surface area contributed by atoms with Crippen molar-refractivity contribution in [2.45, 2.75) is 5.41 Å². The first-order valence-corrected chi connectivity index (χ1v) is 17.1. The van der Waals surface area contributed by atoms with Gasteiger partial charge in [-0.15, -0.1) is 10.2 Å². The van der Waals surface area contributed by atoms with Gasteiger partial charge in [-0.25, -0.2) is 0 Å². The molecule has 0 N–H and O–H groups in total. The zero-order chi connectivity index (χ0) is 33.1. The smallest absolute Gasteiger partial charge is 0.0930 e. The number of nitrogens with zero attached hydrogens (tertiary/aromatic N) is 3. The Morgan fingerprint density at radius 3 is 1.46 bits per heavy atom. The molecule has 0 unspecified atom stereocenters. The zero-order valence-corrected chi connectivity index (χ0v) is 27.2. The van der Waals surface area contributed by atoms with E-state index in [-0.39, 0.29) is 0 Å². The summed E-state index contributed by atoms with van der Waals surface area (Å²) < 4.78 is 0. The van der Waals surface area contributed by atoms with Crippen LogP contribution in [-0.2, 0) is 5.41 Å². The second kappa shape index (κ2) is 11.3. The molecule has 0 radical (unpaired) electrons. The second-order valence-electron chi connectivity index (χ2n) is 13.0. The Morgan fingerprint density at radius 2 is 0.820 bits per heavy atom. The highest BCUT2D eigenvalue weighted by Crippen LogP contribution is 2.64. The van der Waals surface area contributed by atoms with E-state index in [9.17, 15) is 0 Å². The Bertz CT molecular complexity index is 2470. The van der Waals surface area contributed by atoms with E-state index in [1.807, 2.05) is 24.3 Å². The minimum atomic E-state index is -0.476. The van der Waals surface area contributed by atoms with Gasteiger partial charge in [0.1, 0.15) is 0 Å². The fourth-order valence-electron chi connectivity index (χ4n) is 8.32. The van der Waals surface area contributed by atoms with E-state index >= 15 is 0 Å². The highest BCUT2D eigenvalue weighted by atomic mass is 15.2. The Labute approximate surface area is 291 Å². The minimum Gasteiger partial charge on any atom is -0.310 e. The Morgan fingerprint density at radius 1 is 0.340 bits per heavy atom. The quantitative estimate of drug-likeness (QED) is 0.192. The lowest BCUT2D eigenvalue weighted by Gasteiger charge is -2.45. The largest absolute Gasteiger partial charge is 0.310 e. The molecule has 10 rings (SSSR count). The number of benzene rings is 7. The van der Waals surface area contributed by atoms with Crippen molar-refractivity contribution in [2.24, 2.45) is 0 Å². The summed E-state index contributed by atoms with van der Waals surface area (Å²) in [4.78, 5) is 2.42. The van der Waals surface area contributed by atoms with Gasteiger partial charge in [-0.2, -0.15) is 0 Å². The zero-order valence-electron chi connectivity index (χ0n) is 27.2. The minimum absolute atomic E-state index is 0.476. The lowest BCUT2D eigenvalue weighted by atomic mass is 9.64. The molecule has 3 nitrogen and oxygen atoms in total. The predicted molar refractivity (Wildman–Crippen MR) is 204 cm³/mol. The van der Waals surface area contributed by atoms with E-state index in [4.69, 9.17) is 0 Å². The van der Waals surface area contributed by atoms with Crippen LogP contribution in [0.15, 0.2) is 188 Å². The molecule has 0 saturated heterocycles. The molecular weight excluding hydrogens is 607 g/mol. The van der Waals surface area contributed by atoms with Gasteiger partial charge in [-0.3, -0.25) is 0 Å². The summed E-state index contributed by atoms with van der Waals surface area (Å²) in [5.41, 5.74) is 17.1. The summed E-state index contributed by atoms with van der Waals surface area (Å²) in [6.07, 6.45) is 0. The molecule has 1 aliphatic carbocycles. The first kappa shape index (κ1) is 28.4. The molecule has 0 bridgehead atoms. The third-order valence-electron chi connectivity index (χ3n) is 10.4. The summed E-state index contributed by atoms with van der Waals surface area (Å²) in [5.74, 6) is 0. The lowest BCUT2D eigenvalue weighted by molar-refractivity contribution is 0.753. The highest BCUT2D eigenvalue weighted by Gasteiger charge is 2.52. The highest BCUT2D eigenvalue weighted by molar-refractivity contribution is 6.00. The van der Waals surface area contributed by atoms with E-state index in [0.717, 1.165) is 28.2 Å². The van der Waals surface area contributed by atoms with Gasteiger partial charge in [-0.1, -0.05) is 152 Å². The summed E-state index contributed by atoms with van der Waals surface area (Å²) in [6.45, 7) is 0. The Hall–Kier alpha value is -6.58. The molecular formula is C47H31N3. The average molecular weight is 638 g/mol. The van der Waals surface area contributed by atoms with Crippen LogP contribution in [0.3, 0.4) is 0 Å². The van der Waals surface area contributed by atoms with Crippen LogP contribution in [0.2, 0.25) is 0 Å². The number of anilines is 3. The third kappa shape index (κ3) is 4.10. The van der Waals surface area contributed by atoms with Crippen molar-refractivity contribution in [3.63, 3.8) is 0 Å². The van der Waals surface area contributed by atoms with Gasteiger partial charge in [0, 0.05) is 16.8 Å². The molecule has 234 valence electrons. The summed E-state index contributed by atoms with van der Waals surface area (Å²) in [7, 11) is 0. The van der Waals surface area contributed by atoms with Crippen molar-refractivity contribution < 1.29 is 0 Å². The maximum atomic E-state index is 4.59. The predicted octanol–water partition coefficient (Wildman–Crippen LogP) is 11.6. The molecule has 2 heterocycles. The third-order valence-corrected chi connectivity index (χ3v) is 10.4. The van der Waals surface area contributed by atoms with Gasteiger partial charge >= 0.3 is 0 Å². The summed E-state index contributed by atoms with van der Waals surface area (Å²) in [6, 6.07) is 67.6. The van der Waals surface area contributed by atoms with Gasteiger partial charge in [0.25, 0.3) is 0 Å². The van der Waals surface area contributed by atoms with Crippen LogP contribution in [0.5, 0.6) is 0 Å². The van der Waals surface area contributed by atoms with Crippen LogP contribution in [-0.4, -0.2) is 10.2 Å². The van der Waals surface area contributed by atoms with E-state index in [1.54, 1.807) is 0 Å². The number of hydrogen-bond donors (Lipinski definition) is 0. The van der Waals surface area contributed by atoms with Crippen LogP contribution in [0.25, 0.3) is 44.8 Å². The van der Waals surface area contributed by atoms with Crippen molar-refractivity contribution >= 4 is 17.1 Å². The number of rotatable bonds is 4. The van der Waals surface area contributed by atoms with E-state index in [1.165, 1.54) is 55.9 Å². The van der Waals surface area contributed by atoms with E-state index in [2.05, 4.69) is 179 Å². The number of hydrogen-bond acceptors (Lipinski definition) is 3. The van der Waals surface area contributed by atoms with E-state index < -0.39 is 5.41 Å². The molecule has 8 aromatic rings. The van der Waals surface area contributed by atoms with Crippen LogP contribution in [0.4, 0.5) is 17.1 Å². The van der Waals surface area contributed by atoms with Crippen molar-refractivity contribution in [3.05, 3.63) is 210 Å². The SMILES string of the molecule is c1ccc(-c2ccc(-c3ccc(-c4cccc5c4-c4ccccc4C54c5ccccc5N(c5ccccc5)c5ccccc54)cc3)nn2)cc1. The van der Waals surface area contributed by atoms with Crippen molar-refractivity contribution in [3.8, 4) is 44.8 Å². The van der Waals surface area contributed by atoms with Crippen LogP contribution >= 0.6 is 0 Å². The molecule has 50 heavy (non-hydrogen) atoms. The van der Waals surface area contributed by atoms with Gasteiger partial charge < -0.3 is 4.90 Å². The Balaban J connectivity index is 1.14. The summed E-state index contributed by atoms with van der Waals surface area (Å²) >= 11 is 0. The topological polar surface area (TPSA) is 29.0 Å². The number of aromatic nitrogens is 2. The lowest BCUT2D eigenvalue weighted by Crippen LogP contribution is -2.36. The summed E-state index contributed by atoms with van der Waals surface area (Å²) in [5, 5.41) is 9.12. The first-order valence-electron chi connectivity index (χ1n) is 17.1. The molecule has 0 saturated carbocycles. The fourth-order valence-corrected chi connectivity index (χ4v) is 8.32. The molecule has 1 spiro atoms. The number of para-hydroxylation sites is 3. The molecule has 0 atom stereocenters. The molecule has 7 aromatic carbocycles. The monoisotopic (exact) mass is 637 g/mol. The van der Waals surface area contributed by atoms with Crippen molar-refractivity contribution in [1.82, 2.24) is 10.2 Å². The van der Waals surface area contributed by atoms with Crippen molar-refractivity contribution in [1.29, 1.82) is 0 Å². The first-order chi connectivity index (χ1) is 24.8. The van der Waals surface area contributed by atoms with Gasteiger partial charge in [-0.05, 0) is 80.9 Å². The molecule has 1 aromatic heterocycles. The maximum absolute atomic E-state index is 4.59. The van der Waals surface area contributed by atoms with Crippen LogP contribution in [0, 0.1) is 0 Å². The van der Waals surface area contributed by atoms with Gasteiger partial charge in [0.05, 0.1) is 28.2 Å². The van der Waals surface area contributed by atoms with E-state index in [0.29, 0.717) is 0 Å². The van der Waals surface area contributed by atoms with Gasteiger partial charge in [0.2, 0.25) is 0 Å². The normalized spacial score (nSPS) is 13.3. The fraction of sp³-hybridized carbons (Fsp3) is 0.0213. The molecule has 3 heteroatoms. The average Bonchev–Trinajstić information content (AvgIpc) is 3.50. The molecule has 1 aliphatic heterocycles. The maximum Gasteiger partial charge on any atom is 0.0930 e. The number of fused-ring (bicyclic) bond motifs is 9. The molecule has 0 fully saturated rings. The van der Waals surface area contributed by atoms with Crippen LogP contribution < -0.4 is 4.90 Å². The molecule has 2 aliphatic rings. The Kier molecular flexibility index (Phi) is 6.40. The molecule has 0 amide bonds. The van der Waals surface area contributed by atoms with Crippen LogP contribution in [0.1, 0.15) is 22.3 Å². The second-order valence-corrected chi connectivity index (χ2v) is 13.0. The standard InChI is InChI=1S/C47H31N3/c1-3-14-33(15-4-1)42-30-31-43(49-48-42)34-28-26-32(27-29-34)36-19-13-23-41-46(36)37-18-7-8-20-38(37)47(41)39-21-9-11-24-44(39)50(35-16-5-2-6-17-35)45-25-12-10-22-40(45)47/h1-31H. The van der Waals surface area contributed by atoms with Gasteiger partial charge in [0.15, 0.2) is 0 Å². The van der Waals surface area contributed by atoms with Crippen molar-refractivity contribution in [2.75, 3.05) is 4.90 Å².